The lowest BCUT2D eigenvalue weighted by atomic mass is 9.94. The minimum atomic E-state index is -1.15. The van der Waals surface area contributed by atoms with Gasteiger partial charge in [-0.3, -0.25) is 0 Å². The quantitative estimate of drug-likeness (QED) is 0.630. The topological polar surface area (TPSA) is 63.6 Å². The zero-order valence-electron chi connectivity index (χ0n) is 14.4. The Labute approximate surface area is 142 Å². The second kappa shape index (κ2) is 7.30. The first-order valence-corrected chi connectivity index (χ1v) is 8.00. The van der Waals surface area contributed by atoms with Crippen LogP contribution in [0.15, 0.2) is 42.5 Å². The Morgan fingerprint density at radius 1 is 0.833 bits per heavy atom. The van der Waals surface area contributed by atoms with Crippen molar-refractivity contribution in [3.63, 3.8) is 0 Å². The Morgan fingerprint density at radius 2 is 1.33 bits per heavy atom. The van der Waals surface area contributed by atoms with E-state index in [1.54, 1.807) is 12.1 Å². The summed E-state index contributed by atoms with van der Waals surface area (Å²) in [6.07, 6.45) is 0. The fourth-order valence-electron chi connectivity index (χ4n) is 2.60. The van der Waals surface area contributed by atoms with E-state index < -0.39 is 11.9 Å². The van der Waals surface area contributed by atoms with Gasteiger partial charge in [-0.25, -0.2) is 9.59 Å². The van der Waals surface area contributed by atoms with Crippen LogP contribution < -0.4 is 4.74 Å². The number of hydrogen-bond donors (Lipinski definition) is 1. The van der Waals surface area contributed by atoms with E-state index in [1.165, 1.54) is 12.1 Å². The molecule has 0 bridgehead atoms. The van der Waals surface area contributed by atoms with Crippen LogP contribution in [0.2, 0.25) is 0 Å². The minimum absolute atomic E-state index is 0.0539. The highest BCUT2D eigenvalue weighted by Crippen LogP contribution is 2.35. The molecule has 24 heavy (non-hydrogen) atoms. The molecule has 0 radical (unpaired) electrons. The van der Waals surface area contributed by atoms with Crippen LogP contribution >= 0.6 is 0 Å². The first-order valence-electron chi connectivity index (χ1n) is 8.00. The van der Waals surface area contributed by atoms with Crippen molar-refractivity contribution in [3.05, 3.63) is 64.7 Å². The predicted octanol–water partition coefficient (Wildman–Crippen LogP) is 4.85. The lowest BCUT2D eigenvalue weighted by Crippen LogP contribution is -2.16. The SMILES string of the molecule is CC(C)c1cccc(C(C)C)c1OC(=O)c1ccccc1C(=O)O. The number of carboxylic acids is 1. The van der Waals surface area contributed by atoms with Gasteiger partial charge >= 0.3 is 11.9 Å². The second-order valence-corrected chi connectivity index (χ2v) is 6.32. The molecule has 0 aromatic heterocycles. The van der Waals surface area contributed by atoms with Crippen LogP contribution in [0.1, 0.15) is 71.4 Å². The molecule has 0 spiro atoms. The molecule has 0 heterocycles. The third-order valence-corrected chi connectivity index (χ3v) is 3.89. The van der Waals surface area contributed by atoms with Gasteiger partial charge in [-0.05, 0) is 35.1 Å². The van der Waals surface area contributed by atoms with Gasteiger partial charge in [0, 0.05) is 0 Å². The molecule has 0 aliphatic heterocycles. The molecule has 2 aromatic rings. The molecule has 4 nitrogen and oxygen atoms in total. The van der Waals surface area contributed by atoms with Crippen molar-refractivity contribution < 1.29 is 19.4 Å². The van der Waals surface area contributed by atoms with Crippen LogP contribution in [-0.4, -0.2) is 17.0 Å². The summed E-state index contributed by atoms with van der Waals surface area (Å²) >= 11 is 0. The molecular weight excluding hydrogens is 304 g/mol. The lowest BCUT2D eigenvalue weighted by molar-refractivity contribution is 0.0666. The summed E-state index contributed by atoms with van der Waals surface area (Å²) in [6.45, 7) is 8.12. The number of rotatable bonds is 5. The number of para-hydroxylation sites is 1. The van der Waals surface area contributed by atoms with Crippen LogP contribution in [0.5, 0.6) is 5.75 Å². The Balaban J connectivity index is 2.48. The van der Waals surface area contributed by atoms with E-state index in [0.717, 1.165) is 11.1 Å². The van der Waals surface area contributed by atoms with E-state index in [2.05, 4.69) is 0 Å². The van der Waals surface area contributed by atoms with Gasteiger partial charge in [0.1, 0.15) is 5.75 Å². The summed E-state index contributed by atoms with van der Waals surface area (Å²) in [7, 11) is 0. The molecule has 0 aliphatic carbocycles. The van der Waals surface area contributed by atoms with Crippen molar-refractivity contribution in [1.82, 2.24) is 0 Å². The van der Waals surface area contributed by atoms with Crippen molar-refractivity contribution in [1.29, 1.82) is 0 Å². The number of carbonyl (C=O) groups excluding carboxylic acids is 1. The molecule has 1 N–H and O–H groups in total. The predicted molar refractivity (Wildman–Crippen MR) is 93.0 cm³/mol. The van der Waals surface area contributed by atoms with Crippen molar-refractivity contribution in [2.75, 3.05) is 0 Å². The van der Waals surface area contributed by atoms with Crippen LogP contribution in [0, 0.1) is 0 Å². The summed E-state index contributed by atoms with van der Waals surface area (Å²) in [5.41, 5.74) is 1.86. The molecule has 0 fully saturated rings. The summed E-state index contributed by atoms with van der Waals surface area (Å²) in [6, 6.07) is 11.9. The van der Waals surface area contributed by atoms with E-state index >= 15 is 0 Å². The van der Waals surface area contributed by atoms with E-state index in [-0.39, 0.29) is 23.0 Å². The molecular formula is C20H22O4. The number of carbonyl (C=O) groups is 2. The van der Waals surface area contributed by atoms with E-state index in [9.17, 15) is 14.7 Å². The van der Waals surface area contributed by atoms with Crippen LogP contribution in [-0.2, 0) is 0 Å². The number of esters is 1. The standard InChI is InChI=1S/C20H22O4/c1-12(2)14-10-7-11-15(13(3)4)18(14)24-20(23)17-9-6-5-8-16(17)19(21)22/h5-13H,1-4H3,(H,21,22). The highest BCUT2D eigenvalue weighted by molar-refractivity contribution is 6.03. The fourth-order valence-corrected chi connectivity index (χ4v) is 2.60. The zero-order chi connectivity index (χ0) is 17.9. The van der Waals surface area contributed by atoms with Gasteiger partial charge in [-0.1, -0.05) is 58.0 Å². The Morgan fingerprint density at radius 3 is 1.79 bits per heavy atom. The molecule has 0 amide bonds. The normalized spacial score (nSPS) is 10.9. The van der Waals surface area contributed by atoms with Crippen LogP contribution in [0.25, 0.3) is 0 Å². The largest absolute Gasteiger partial charge is 0.478 e. The molecule has 0 aliphatic rings. The third kappa shape index (κ3) is 3.65. The summed E-state index contributed by atoms with van der Waals surface area (Å²) in [5.74, 6) is -0.901. The monoisotopic (exact) mass is 326 g/mol. The number of hydrogen-bond acceptors (Lipinski definition) is 3. The third-order valence-electron chi connectivity index (χ3n) is 3.89. The van der Waals surface area contributed by atoms with E-state index in [1.807, 2.05) is 45.9 Å². The number of ether oxygens (including phenoxy) is 1. The molecule has 0 saturated carbocycles. The highest BCUT2D eigenvalue weighted by atomic mass is 16.5. The van der Waals surface area contributed by atoms with Gasteiger partial charge in [-0.2, -0.15) is 0 Å². The van der Waals surface area contributed by atoms with Crippen molar-refractivity contribution in [3.8, 4) is 5.75 Å². The molecule has 4 heteroatoms. The van der Waals surface area contributed by atoms with E-state index in [4.69, 9.17) is 4.74 Å². The smallest absolute Gasteiger partial charge is 0.344 e. The maximum absolute atomic E-state index is 12.6. The second-order valence-electron chi connectivity index (χ2n) is 6.32. The Kier molecular flexibility index (Phi) is 5.39. The zero-order valence-corrected chi connectivity index (χ0v) is 14.4. The number of carboxylic acid groups (broad SMARTS) is 1. The molecule has 126 valence electrons. The van der Waals surface area contributed by atoms with Gasteiger partial charge in [0.15, 0.2) is 0 Å². The van der Waals surface area contributed by atoms with Gasteiger partial charge in [0.25, 0.3) is 0 Å². The first-order chi connectivity index (χ1) is 11.3. The van der Waals surface area contributed by atoms with Crippen molar-refractivity contribution in [2.24, 2.45) is 0 Å². The minimum Gasteiger partial charge on any atom is -0.478 e. The molecule has 0 atom stereocenters. The van der Waals surface area contributed by atoms with Crippen LogP contribution in [0.3, 0.4) is 0 Å². The fraction of sp³-hybridized carbons (Fsp3) is 0.300. The van der Waals surface area contributed by atoms with Crippen molar-refractivity contribution >= 4 is 11.9 Å². The Hall–Kier alpha value is -2.62. The molecule has 2 rings (SSSR count). The van der Waals surface area contributed by atoms with Gasteiger partial charge in [0.05, 0.1) is 11.1 Å². The first kappa shape index (κ1) is 17.7. The average Bonchev–Trinajstić information content (AvgIpc) is 2.54. The lowest BCUT2D eigenvalue weighted by Gasteiger charge is -2.19. The maximum atomic E-state index is 12.6. The van der Waals surface area contributed by atoms with E-state index in [0.29, 0.717) is 5.75 Å². The molecule has 2 aromatic carbocycles. The maximum Gasteiger partial charge on any atom is 0.344 e. The summed E-state index contributed by atoms with van der Waals surface area (Å²) in [5, 5.41) is 9.26. The number of aromatic carboxylic acids is 1. The van der Waals surface area contributed by atoms with Crippen molar-refractivity contribution in [2.45, 2.75) is 39.5 Å². The van der Waals surface area contributed by atoms with Gasteiger partial charge in [-0.15, -0.1) is 0 Å². The molecule has 0 saturated heterocycles. The average molecular weight is 326 g/mol. The Bertz CT molecular complexity index is 734. The summed E-state index contributed by atoms with van der Waals surface area (Å²) < 4.78 is 5.67. The van der Waals surface area contributed by atoms with Gasteiger partial charge < -0.3 is 9.84 Å². The highest BCUT2D eigenvalue weighted by Gasteiger charge is 2.22. The summed E-state index contributed by atoms with van der Waals surface area (Å²) in [4.78, 5) is 23.9. The molecule has 0 unspecified atom stereocenters. The number of benzene rings is 2. The van der Waals surface area contributed by atoms with Gasteiger partial charge in [0.2, 0.25) is 0 Å². The van der Waals surface area contributed by atoms with Crippen LogP contribution in [0.4, 0.5) is 0 Å².